The second-order valence-corrected chi connectivity index (χ2v) is 4.14. The van der Waals surface area contributed by atoms with Crippen molar-refractivity contribution in [1.29, 1.82) is 0 Å². The predicted molar refractivity (Wildman–Crippen MR) is 67.5 cm³/mol. The Hall–Kier alpha value is -1.75. The van der Waals surface area contributed by atoms with E-state index in [4.69, 9.17) is 0 Å². The lowest BCUT2D eigenvalue weighted by atomic mass is 10.1. The molecule has 2 aromatic rings. The molecule has 0 aromatic carbocycles. The topological polar surface area (TPSA) is 42.7 Å². The van der Waals surface area contributed by atoms with Gasteiger partial charge in [-0.25, -0.2) is 9.37 Å². The summed E-state index contributed by atoms with van der Waals surface area (Å²) in [4.78, 5) is 8.40. The summed E-state index contributed by atoms with van der Waals surface area (Å²) in [6.45, 7) is 2.75. The molecule has 1 unspecified atom stereocenters. The molecule has 2 heterocycles. The first-order valence-electron chi connectivity index (χ1n) is 6.02. The normalized spacial score (nSPS) is 12.6. The number of halogens is 1. The summed E-state index contributed by atoms with van der Waals surface area (Å²) in [7, 11) is 1.93. The molecule has 0 aliphatic rings. The third-order valence-electron chi connectivity index (χ3n) is 2.88. The van der Waals surface area contributed by atoms with E-state index in [2.05, 4.69) is 15.3 Å². The molecule has 0 saturated carbocycles. The Kier molecular flexibility index (Phi) is 4.04. The predicted octanol–water partition coefficient (Wildman–Crippen LogP) is 1.85. The number of hydrogen-bond acceptors (Lipinski definition) is 3. The SMILES string of the molecule is CCNC(Cc1nccn1C)c1ncccc1F. The molecule has 1 N–H and O–H groups in total. The van der Waals surface area contributed by atoms with Crippen LogP contribution in [-0.2, 0) is 13.5 Å². The van der Waals surface area contributed by atoms with Gasteiger partial charge in [-0.2, -0.15) is 0 Å². The van der Waals surface area contributed by atoms with Crippen LogP contribution in [-0.4, -0.2) is 21.1 Å². The Labute approximate surface area is 106 Å². The van der Waals surface area contributed by atoms with E-state index in [1.165, 1.54) is 6.07 Å². The maximum Gasteiger partial charge on any atom is 0.146 e. The lowest BCUT2D eigenvalue weighted by Crippen LogP contribution is -2.26. The van der Waals surface area contributed by atoms with Crippen LogP contribution >= 0.6 is 0 Å². The van der Waals surface area contributed by atoms with Crippen LogP contribution in [0, 0.1) is 5.82 Å². The molecule has 96 valence electrons. The number of nitrogens with one attached hydrogen (secondary N) is 1. The van der Waals surface area contributed by atoms with Crippen molar-refractivity contribution in [3.63, 3.8) is 0 Å². The number of likely N-dealkylation sites (N-methyl/N-ethyl adjacent to an activating group) is 1. The van der Waals surface area contributed by atoms with Gasteiger partial charge in [-0.3, -0.25) is 4.98 Å². The van der Waals surface area contributed by atoms with Gasteiger partial charge in [-0.05, 0) is 18.7 Å². The van der Waals surface area contributed by atoms with Gasteiger partial charge in [0.15, 0.2) is 0 Å². The minimum Gasteiger partial charge on any atom is -0.338 e. The zero-order valence-corrected chi connectivity index (χ0v) is 10.6. The summed E-state index contributed by atoms with van der Waals surface area (Å²) in [5.41, 5.74) is 0.447. The first-order chi connectivity index (χ1) is 8.72. The summed E-state index contributed by atoms with van der Waals surface area (Å²) >= 11 is 0. The average Bonchev–Trinajstić information content (AvgIpc) is 2.75. The van der Waals surface area contributed by atoms with Crippen molar-refractivity contribution >= 4 is 0 Å². The molecule has 0 aliphatic carbocycles. The molecule has 0 radical (unpaired) electrons. The van der Waals surface area contributed by atoms with E-state index in [1.807, 2.05) is 24.7 Å². The second kappa shape index (κ2) is 5.73. The Bertz CT molecular complexity index is 509. The maximum atomic E-state index is 13.8. The number of nitrogens with zero attached hydrogens (tertiary/aromatic N) is 3. The van der Waals surface area contributed by atoms with Crippen LogP contribution in [0.4, 0.5) is 4.39 Å². The number of rotatable bonds is 5. The minimum atomic E-state index is -0.280. The molecule has 0 spiro atoms. The van der Waals surface area contributed by atoms with Gasteiger partial charge in [0, 0.05) is 32.1 Å². The number of pyridine rings is 1. The first kappa shape index (κ1) is 12.7. The van der Waals surface area contributed by atoms with Crippen molar-refractivity contribution in [3.8, 4) is 0 Å². The highest BCUT2D eigenvalue weighted by Gasteiger charge is 2.18. The van der Waals surface area contributed by atoms with Gasteiger partial charge >= 0.3 is 0 Å². The van der Waals surface area contributed by atoms with Gasteiger partial charge in [0.05, 0.1) is 11.7 Å². The summed E-state index contributed by atoms with van der Waals surface area (Å²) in [5.74, 6) is 0.628. The van der Waals surface area contributed by atoms with E-state index < -0.39 is 0 Å². The molecular weight excluding hydrogens is 231 g/mol. The average molecular weight is 248 g/mol. The standard InChI is InChI=1S/C13H17FN4/c1-3-15-11(9-12-16-7-8-18(12)2)13-10(14)5-4-6-17-13/h4-8,11,15H,3,9H2,1-2H3. The van der Waals surface area contributed by atoms with Crippen LogP contribution in [0.25, 0.3) is 0 Å². The van der Waals surface area contributed by atoms with E-state index in [1.54, 1.807) is 18.5 Å². The number of aryl methyl sites for hydroxylation is 1. The molecule has 0 bridgehead atoms. The van der Waals surface area contributed by atoms with Crippen LogP contribution in [0.1, 0.15) is 24.5 Å². The molecule has 18 heavy (non-hydrogen) atoms. The molecular formula is C13H17FN4. The zero-order valence-electron chi connectivity index (χ0n) is 10.6. The summed E-state index contributed by atoms with van der Waals surface area (Å²) in [6, 6.07) is 2.88. The fourth-order valence-corrected chi connectivity index (χ4v) is 1.94. The summed E-state index contributed by atoms with van der Waals surface area (Å²) in [5, 5.41) is 3.25. The van der Waals surface area contributed by atoms with Gasteiger partial charge in [-0.1, -0.05) is 6.92 Å². The van der Waals surface area contributed by atoms with Crippen LogP contribution in [0.3, 0.4) is 0 Å². The summed E-state index contributed by atoms with van der Waals surface area (Å²) < 4.78 is 15.7. The molecule has 5 heteroatoms. The van der Waals surface area contributed by atoms with Crippen LogP contribution in [0.2, 0.25) is 0 Å². The van der Waals surface area contributed by atoms with Gasteiger partial charge in [0.1, 0.15) is 11.6 Å². The highest BCUT2D eigenvalue weighted by Crippen LogP contribution is 2.18. The Morgan fingerprint density at radius 3 is 2.83 bits per heavy atom. The molecule has 2 aromatic heterocycles. The lowest BCUT2D eigenvalue weighted by Gasteiger charge is -2.17. The molecule has 2 rings (SSSR count). The second-order valence-electron chi connectivity index (χ2n) is 4.14. The van der Waals surface area contributed by atoms with Crippen molar-refractivity contribution < 1.29 is 4.39 Å². The van der Waals surface area contributed by atoms with E-state index >= 15 is 0 Å². The molecule has 0 fully saturated rings. The van der Waals surface area contributed by atoms with Crippen molar-refractivity contribution in [2.45, 2.75) is 19.4 Å². The van der Waals surface area contributed by atoms with Crippen molar-refractivity contribution in [2.75, 3.05) is 6.54 Å². The Morgan fingerprint density at radius 2 is 2.22 bits per heavy atom. The minimum absolute atomic E-state index is 0.155. The summed E-state index contributed by atoms with van der Waals surface area (Å²) in [6.07, 6.45) is 5.85. The number of imidazole rings is 1. The molecule has 0 saturated heterocycles. The number of hydrogen-bond donors (Lipinski definition) is 1. The fraction of sp³-hybridized carbons (Fsp3) is 0.385. The maximum absolute atomic E-state index is 13.8. The van der Waals surface area contributed by atoms with E-state index in [-0.39, 0.29) is 11.9 Å². The van der Waals surface area contributed by atoms with E-state index in [9.17, 15) is 4.39 Å². The largest absolute Gasteiger partial charge is 0.338 e. The van der Waals surface area contributed by atoms with Crippen molar-refractivity contribution in [3.05, 3.63) is 48.1 Å². The Morgan fingerprint density at radius 1 is 1.39 bits per heavy atom. The fourth-order valence-electron chi connectivity index (χ4n) is 1.94. The molecule has 4 nitrogen and oxygen atoms in total. The van der Waals surface area contributed by atoms with Gasteiger partial charge in [0.2, 0.25) is 0 Å². The zero-order chi connectivity index (χ0) is 13.0. The van der Waals surface area contributed by atoms with Gasteiger partial charge in [-0.15, -0.1) is 0 Å². The monoisotopic (exact) mass is 248 g/mol. The molecule has 0 aliphatic heterocycles. The lowest BCUT2D eigenvalue weighted by molar-refractivity contribution is 0.482. The quantitative estimate of drug-likeness (QED) is 0.878. The third-order valence-corrected chi connectivity index (χ3v) is 2.88. The van der Waals surface area contributed by atoms with Crippen molar-refractivity contribution in [1.82, 2.24) is 19.9 Å². The third kappa shape index (κ3) is 2.73. The van der Waals surface area contributed by atoms with E-state index in [0.29, 0.717) is 12.1 Å². The molecule has 1 atom stereocenters. The van der Waals surface area contributed by atoms with Crippen molar-refractivity contribution in [2.24, 2.45) is 7.05 Å². The molecule has 0 amide bonds. The highest BCUT2D eigenvalue weighted by atomic mass is 19.1. The van der Waals surface area contributed by atoms with Crippen LogP contribution in [0.5, 0.6) is 0 Å². The van der Waals surface area contributed by atoms with Gasteiger partial charge in [0.25, 0.3) is 0 Å². The first-order valence-corrected chi connectivity index (χ1v) is 6.02. The van der Waals surface area contributed by atoms with Crippen LogP contribution in [0.15, 0.2) is 30.7 Å². The Balaban J connectivity index is 2.24. The van der Waals surface area contributed by atoms with Gasteiger partial charge < -0.3 is 9.88 Å². The number of aromatic nitrogens is 3. The van der Waals surface area contributed by atoms with Crippen LogP contribution < -0.4 is 5.32 Å². The van der Waals surface area contributed by atoms with E-state index in [0.717, 1.165) is 12.4 Å². The smallest absolute Gasteiger partial charge is 0.146 e. The highest BCUT2D eigenvalue weighted by molar-refractivity contribution is 5.13.